The van der Waals surface area contributed by atoms with Gasteiger partial charge in [-0.05, 0) is 166 Å². The zero-order valence-corrected chi connectivity index (χ0v) is 55.7. The first-order chi connectivity index (χ1) is 44.9. The van der Waals surface area contributed by atoms with Gasteiger partial charge in [-0.1, -0.05) is 55.1 Å². The third-order valence-electron chi connectivity index (χ3n) is 18.9. The molecule has 4 aliphatic heterocycles. The SMILES string of the molecule is CC(C)(C)OC(=O)NC1(C(=O)N[C@@H](CCN2CCC(OC3CCN(C(=O)[C@H](NC(=O)c4cc(C5CCCN(C(=O)CN(Cc6ccc(F)cc6F)C(=O)OC(C)(C)C)C5)ccc4F)C4CCCCC4)CC3)CC2)c2ccc(Cl)cc2)CCN(c2ncnc3[nH]ccc23)CC1. The van der Waals surface area contributed by atoms with E-state index < -0.39 is 76.8 Å². The molecule has 10 rings (SSSR count). The number of halogens is 4. The molecule has 1 saturated carbocycles. The average Bonchev–Trinajstić information content (AvgIpc) is 1.17. The number of piperidine rings is 4. The molecule has 5 fully saturated rings. The highest BCUT2D eigenvalue weighted by atomic mass is 35.5. The summed E-state index contributed by atoms with van der Waals surface area (Å²) in [4.78, 5) is 106. The molecule has 1 unspecified atom stereocenters. The molecule has 4 saturated heterocycles. The van der Waals surface area contributed by atoms with Crippen LogP contribution in [0.1, 0.15) is 170 Å². The number of anilines is 1. The third kappa shape index (κ3) is 18.1. The van der Waals surface area contributed by atoms with Crippen LogP contribution in [-0.2, 0) is 35.1 Å². The first kappa shape index (κ1) is 69.3. The summed E-state index contributed by atoms with van der Waals surface area (Å²) in [5, 5.41) is 10.8. The molecular weight excluding hydrogens is 1230 g/mol. The van der Waals surface area contributed by atoms with Crippen molar-refractivity contribution < 1.29 is 56.1 Å². The number of likely N-dealkylation sites (tertiary alicyclic amines) is 3. The molecule has 6 amide bonds. The standard InChI is InChI=1S/C70H91ClF3N11O9/c1-68(2,3)93-66(90)80-70(28-37-82(38-29-70)62-54-22-30-75-61(54)76-44-77-62)65(89)78-58(45-14-18-50(71)19-15-45)27-34-81-32-23-52(24-33-81)92-53-25-35-83(36-26-53)64(88)60(46-11-8-7-9-12-46)79-63(87)55-39-47(17-21-56(55)73)48-13-10-31-84(41-48)59(86)43-85(67(91)94-69(4,5)6)42-49-16-20-51(72)40-57(49)74/h14-22,30,39-40,44,46,48,52-53,58,60H,7-13,23-29,31-38,41-43H2,1-6H3,(H,78,89)(H,79,87)(H,80,90)(H,75,76,77)/t48?,58-,60+/m0/s1. The van der Waals surface area contributed by atoms with Crippen LogP contribution < -0.4 is 20.9 Å². The van der Waals surface area contributed by atoms with Gasteiger partial charge in [-0.25, -0.2) is 32.7 Å². The number of fused-ring (bicyclic) bond motifs is 1. The van der Waals surface area contributed by atoms with Gasteiger partial charge in [0, 0.05) is 87.7 Å². The van der Waals surface area contributed by atoms with Crippen molar-refractivity contribution >= 4 is 64.3 Å². The summed E-state index contributed by atoms with van der Waals surface area (Å²) in [6.45, 7) is 14.2. The van der Waals surface area contributed by atoms with Gasteiger partial charge in [0.25, 0.3) is 5.91 Å². The monoisotopic (exact) mass is 1320 g/mol. The summed E-state index contributed by atoms with van der Waals surface area (Å²) in [7, 11) is 0. The van der Waals surface area contributed by atoms with Gasteiger partial charge in [-0.2, -0.15) is 0 Å². The van der Waals surface area contributed by atoms with Crippen molar-refractivity contribution in [3.63, 3.8) is 0 Å². The summed E-state index contributed by atoms with van der Waals surface area (Å²) >= 11 is 6.37. The minimum Gasteiger partial charge on any atom is -0.444 e. The smallest absolute Gasteiger partial charge is 0.411 e. The van der Waals surface area contributed by atoms with Crippen molar-refractivity contribution in [1.82, 2.24) is 50.5 Å². The molecule has 3 aromatic carbocycles. The summed E-state index contributed by atoms with van der Waals surface area (Å²) in [6, 6.07) is 15.5. The Morgan fingerprint density at radius 2 is 1.43 bits per heavy atom. The molecule has 4 N–H and O–H groups in total. The highest BCUT2D eigenvalue weighted by Gasteiger charge is 2.46. The molecule has 1 aliphatic carbocycles. The number of rotatable bonds is 19. The van der Waals surface area contributed by atoms with Crippen molar-refractivity contribution in [1.29, 1.82) is 0 Å². The normalized spacial score (nSPS) is 19.5. The molecule has 0 bridgehead atoms. The highest BCUT2D eigenvalue weighted by molar-refractivity contribution is 6.30. The predicted octanol–water partition coefficient (Wildman–Crippen LogP) is 11.1. The fourth-order valence-electron chi connectivity index (χ4n) is 13.8. The molecular formula is C70H91ClF3N11O9. The fraction of sp³-hybridized carbons (Fsp3) is 0.571. The molecule has 5 aliphatic rings. The molecule has 2 aromatic heterocycles. The second-order valence-electron chi connectivity index (χ2n) is 28.0. The number of aromatic amines is 1. The number of alkyl carbamates (subject to hydrolysis) is 1. The maximum atomic E-state index is 15.9. The van der Waals surface area contributed by atoms with Crippen LogP contribution in [0.3, 0.4) is 0 Å². The molecule has 20 nitrogen and oxygen atoms in total. The molecule has 6 heterocycles. The Labute approximate surface area is 553 Å². The van der Waals surface area contributed by atoms with Crippen LogP contribution in [0.5, 0.6) is 0 Å². The third-order valence-corrected chi connectivity index (χ3v) is 19.2. The Morgan fingerprint density at radius 1 is 0.734 bits per heavy atom. The number of hydrogen-bond donors (Lipinski definition) is 4. The Hall–Kier alpha value is -7.50. The van der Waals surface area contributed by atoms with Gasteiger partial charge in [-0.15, -0.1) is 0 Å². The first-order valence-electron chi connectivity index (χ1n) is 33.4. The highest BCUT2D eigenvalue weighted by Crippen LogP contribution is 2.35. The largest absolute Gasteiger partial charge is 0.444 e. The quantitative estimate of drug-likeness (QED) is 0.0605. The maximum absolute atomic E-state index is 15.9. The van der Waals surface area contributed by atoms with E-state index in [9.17, 15) is 37.5 Å². The molecule has 94 heavy (non-hydrogen) atoms. The van der Waals surface area contributed by atoms with Crippen LogP contribution in [0.15, 0.2) is 79.3 Å². The van der Waals surface area contributed by atoms with Crippen LogP contribution >= 0.6 is 11.6 Å². The number of benzene rings is 3. The van der Waals surface area contributed by atoms with Gasteiger partial charge in [0.05, 0.1) is 35.7 Å². The van der Waals surface area contributed by atoms with Gasteiger partial charge >= 0.3 is 12.2 Å². The number of carbonyl (C=O) groups excluding carboxylic acids is 6. The van der Waals surface area contributed by atoms with E-state index in [4.69, 9.17) is 25.8 Å². The van der Waals surface area contributed by atoms with Gasteiger partial charge in [0.1, 0.15) is 64.6 Å². The van der Waals surface area contributed by atoms with Crippen molar-refractivity contribution in [2.24, 2.45) is 5.92 Å². The summed E-state index contributed by atoms with van der Waals surface area (Å²) in [6.07, 6.45) is 11.4. The van der Waals surface area contributed by atoms with Crippen molar-refractivity contribution in [2.45, 2.75) is 185 Å². The summed E-state index contributed by atoms with van der Waals surface area (Å²) < 4.78 is 62.5. The van der Waals surface area contributed by atoms with E-state index in [1.165, 1.54) is 24.5 Å². The van der Waals surface area contributed by atoms with E-state index >= 15 is 4.39 Å². The van der Waals surface area contributed by atoms with Gasteiger partial charge in [-0.3, -0.25) is 24.1 Å². The molecule has 0 spiro atoms. The first-order valence-corrected chi connectivity index (χ1v) is 33.8. The minimum absolute atomic E-state index is 0.0112. The Balaban J connectivity index is 0.719. The minimum atomic E-state index is -1.27. The van der Waals surface area contributed by atoms with E-state index in [0.29, 0.717) is 107 Å². The second kappa shape index (κ2) is 30.5. The topological polar surface area (TPSA) is 224 Å². The molecule has 24 heteroatoms. The lowest BCUT2D eigenvalue weighted by atomic mass is 9.83. The van der Waals surface area contributed by atoms with Crippen LogP contribution in [0.4, 0.5) is 28.6 Å². The van der Waals surface area contributed by atoms with E-state index in [1.807, 2.05) is 41.4 Å². The van der Waals surface area contributed by atoms with Crippen molar-refractivity contribution in [2.75, 3.05) is 70.3 Å². The second-order valence-corrected chi connectivity index (χ2v) is 28.5. The van der Waals surface area contributed by atoms with Gasteiger partial charge in [0.15, 0.2) is 0 Å². The molecule has 3 atom stereocenters. The lowest BCUT2D eigenvalue weighted by Crippen LogP contribution is -2.64. The van der Waals surface area contributed by atoms with Crippen molar-refractivity contribution in [3.8, 4) is 0 Å². The lowest BCUT2D eigenvalue weighted by molar-refractivity contribution is -0.139. The van der Waals surface area contributed by atoms with E-state index in [-0.39, 0.29) is 60.1 Å². The number of nitrogens with zero attached hydrogens (tertiary/aromatic N) is 7. The van der Waals surface area contributed by atoms with Crippen molar-refractivity contribution in [3.05, 3.63) is 124 Å². The zero-order chi connectivity index (χ0) is 66.9. The summed E-state index contributed by atoms with van der Waals surface area (Å²) in [5.74, 6) is -3.62. The maximum Gasteiger partial charge on any atom is 0.411 e. The Kier molecular flexibility index (Phi) is 22.5. The number of ether oxygens (including phenoxy) is 3. The number of H-pyrrole nitrogens is 1. The Morgan fingerprint density at radius 3 is 2.11 bits per heavy atom. The average molecular weight is 1320 g/mol. The number of nitrogens with one attached hydrogen (secondary N) is 4. The lowest BCUT2D eigenvalue weighted by Gasteiger charge is -2.42. The van der Waals surface area contributed by atoms with Gasteiger partial charge < -0.3 is 54.7 Å². The Bertz CT molecular complexity index is 3460. The summed E-state index contributed by atoms with van der Waals surface area (Å²) in [5.41, 5.74) is -0.903. The van der Waals surface area contributed by atoms with Crippen LogP contribution in [-0.4, -0.2) is 171 Å². The van der Waals surface area contributed by atoms with E-state index in [0.717, 1.165) is 85.8 Å². The predicted molar refractivity (Wildman–Crippen MR) is 350 cm³/mol. The number of amides is 6. The van der Waals surface area contributed by atoms with E-state index in [1.54, 1.807) is 52.5 Å². The number of carbonyl (C=O) groups is 6. The zero-order valence-electron chi connectivity index (χ0n) is 55.0. The molecule has 5 aromatic rings. The van der Waals surface area contributed by atoms with Crippen LogP contribution in [0, 0.1) is 23.4 Å². The number of hydrogen-bond acceptors (Lipinski definition) is 13. The van der Waals surface area contributed by atoms with Crippen LogP contribution in [0.25, 0.3) is 11.0 Å². The number of aromatic nitrogens is 3. The van der Waals surface area contributed by atoms with Gasteiger partial charge in [0.2, 0.25) is 17.7 Å². The fourth-order valence-corrected chi connectivity index (χ4v) is 14.0. The van der Waals surface area contributed by atoms with E-state index in [2.05, 4.69) is 40.7 Å². The molecule has 0 radical (unpaired) electrons. The van der Waals surface area contributed by atoms with Crippen LogP contribution in [0.2, 0.25) is 5.02 Å². The molecule has 508 valence electrons.